The van der Waals surface area contributed by atoms with Crippen LogP contribution in [0.3, 0.4) is 0 Å². The second-order valence-electron chi connectivity index (χ2n) is 6.55. The standard InChI is InChI=1S/C17H24N2O.ClH/c1-11-4-2-7-14(8-11)17(20)19-16-12-5-3-6-13(16)10-15(18)9-12;/h2,4,7-8,12-13,15-16H,3,5-6,9-10,18H2,1H3,(H,19,20);1H. The molecule has 0 aromatic heterocycles. The SMILES string of the molecule is Cc1cccc(C(=O)NC2C3CCCC2CC(N)C3)c1.Cl. The normalized spacial score (nSPS) is 31.1. The van der Waals surface area contributed by atoms with Crippen LogP contribution in [0, 0.1) is 18.8 Å². The Bertz CT molecular complexity index is 491. The van der Waals surface area contributed by atoms with Crippen LogP contribution in [-0.4, -0.2) is 18.0 Å². The van der Waals surface area contributed by atoms with Gasteiger partial charge in [0.2, 0.25) is 0 Å². The Kier molecular flexibility index (Phi) is 5.28. The molecule has 0 aliphatic heterocycles. The lowest BCUT2D eigenvalue weighted by molar-refractivity contribution is 0.0756. The number of nitrogens with two attached hydrogens (primary N) is 1. The van der Waals surface area contributed by atoms with Gasteiger partial charge in [-0.15, -0.1) is 12.4 Å². The number of nitrogens with one attached hydrogen (secondary N) is 1. The molecule has 4 heteroatoms. The Morgan fingerprint density at radius 1 is 1.24 bits per heavy atom. The fourth-order valence-corrected chi connectivity index (χ4v) is 4.05. The molecular weight excluding hydrogens is 284 g/mol. The minimum atomic E-state index is 0. The monoisotopic (exact) mass is 308 g/mol. The molecule has 2 aliphatic carbocycles. The highest BCUT2D eigenvalue weighted by atomic mass is 35.5. The number of rotatable bonds is 2. The van der Waals surface area contributed by atoms with E-state index in [9.17, 15) is 4.79 Å². The van der Waals surface area contributed by atoms with E-state index < -0.39 is 0 Å². The van der Waals surface area contributed by atoms with Gasteiger partial charge in [-0.3, -0.25) is 4.79 Å². The first kappa shape index (κ1) is 16.3. The van der Waals surface area contributed by atoms with Gasteiger partial charge in [0.1, 0.15) is 0 Å². The Morgan fingerprint density at radius 2 is 1.90 bits per heavy atom. The predicted octanol–water partition coefficient (Wildman–Crippen LogP) is 3.05. The molecule has 1 aromatic rings. The Labute approximate surface area is 133 Å². The highest BCUT2D eigenvalue weighted by Gasteiger charge is 2.39. The maximum Gasteiger partial charge on any atom is 0.251 e. The number of benzene rings is 1. The van der Waals surface area contributed by atoms with Crippen molar-refractivity contribution in [3.63, 3.8) is 0 Å². The van der Waals surface area contributed by atoms with Crippen molar-refractivity contribution in [2.24, 2.45) is 17.6 Å². The average Bonchev–Trinajstić information content (AvgIpc) is 2.39. The van der Waals surface area contributed by atoms with Gasteiger partial charge in [0.15, 0.2) is 0 Å². The molecule has 2 saturated carbocycles. The third-order valence-corrected chi connectivity index (χ3v) is 4.95. The minimum absolute atomic E-state index is 0. The van der Waals surface area contributed by atoms with E-state index >= 15 is 0 Å². The first-order chi connectivity index (χ1) is 9.63. The van der Waals surface area contributed by atoms with Crippen LogP contribution in [0.25, 0.3) is 0 Å². The lowest BCUT2D eigenvalue weighted by Crippen LogP contribution is -2.53. The molecule has 1 amide bonds. The number of carbonyl (C=O) groups is 1. The zero-order valence-electron chi connectivity index (χ0n) is 12.5. The Hall–Kier alpha value is -1.06. The number of hydrogen-bond donors (Lipinski definition) is 2. The van der Waals surface area contributed by atoms with E-state index in [1.54, 1.807) is 0 Å². The van der Waals surface area contributed by atoms with Crippen molar-refractivity contribution in [2.75, 3.05) is 0 Å². The number of halogens is 1. The van der Waals surface area contributed by atoms with Crippen molar-refractivity contribution in [2.45, 2.75) is 51.1 Å². The van der Waals surface area contributed by atoms with Crippen LogP contribution >= 0.6 is 12.4 Å². The largest absolute Gasteiger partial charge is 0.349 e. The van der Waals surface area contributed by atoms with Crippen LogP contribution in [0.15, 0.2) is 24.3 Å². The molecule has 0 spiro atoms. The van der Waals surface area contributed by atoms with Gasteiger partial charge in [0, 0.05) is 17.6 Å². The van der Waals surface area contributed by atoms with Gasteiger partial charge in [-0.2, -0.15) is 0 Å². The van der Waals surface area contributed by atoms with Gasteiger partial charge < -0.3 is 11.1 Å². The summed E-state index contributed by atoms with van der Waals surface area (Å²) in [6.07, 6.45) is 5.84. The summed E-state index contributed by atoms with van der Waals surface area (Å²) in [5, 5.41) is 3.29. The predicted molar refractivity (Wildman–Crippen MR) is 87.7 cm³/mol. The van der Waals surface area contributed by atoms with E-state index in [2.05, 4.69) is 5.32 Å². The van der Waals surface area contributed by atoms with Crippen LogP contribution in [-0.2, 0) is 0 Å². The number of carbonyl (C=O) groups excluding carboxylic acids is 1. The van der Waals surface area contributed by atoms with Crippen molar-refractivity contribution in [1.82, 2.24) is 5.32 Å². The molecular formula is C17H25ClN2O. The third kappa shape index (κ3) is 3.58. The molecule has 2 unspecified atom stereocenters. The lowest BCUT2D eigenvalue weighted by atomic mass is 9.67. The summed E-state index contributed by atoms with van der Waals surface area (Å²) in [4.78, 5) is 12.4. The molecule has 2 bridgehead atoms. The first-order valence-corrected chi connectivity index (χ1v) is 7.76. The van der Waals surface area contributed by atoms with Gasteiger partial charge in [-0.1, -0.05) is 24.1 Å². The number of fused-ring (bicyclic) bond motifs is 2. The van der Waals surface area contributed by atoms with E-state index in [1.165, 1.54) is 19.3 Å². The fraction of sp³-hybridized carbons (Fsp3) is 0.588. The highest BCUT2D eigenvalue weighted by Crippen LogP contribution is 2.39. The van der Waals surface area contributed by atoms with Crippen LogP contribution in [0.2, 0.25) is 0 Å². The third-order valence-electron chi connectivity index (χ3n) is 4.95. The summed E-state index contributed by atoms with van der Waals surface area (Å²) >= 11 is 0. The van der Waals surface area contributed by atoms with E-state index in [1.807, 2.05) is 31.2 Å². The summed E-state index contributed by atoms with van der Waals surface area (Å²) in [7, 11) is 0. The van der Waals surface area contributed by atoms with E-state index in [4.69, 9.17) is 5.73 Å². The number of hydrogen-bond acceptors (Lipinski definition) is 2. The maximum atomic E-state index is 12.4. The molecule has 2 fully saturated rings. The topological polar surface area (TPSA) is 55.1 Å². The quantitative estimate of drug-likeness (QED) is 0.882. The second kappa shape index (κ2) is 6.80. The summed E-state index contributed by atoms with van der Waals surface area (Å²) in [5.74, 6) is 1.23. The molecule has 0 heterocycles. The first-order valence-electron chi connectivity index (χ1n) is 7.76. The zero-order valence-corrected chi connectivity index (χ0v) is 13.4. The fourth-order valence-electron chi connectivity index (χ4n) is 4.05. The summed E-state index contributed by atoms with van der Waals surface area (Å²) in [5.41, 5.74) is 8.04. The molecule has 2 aliphatic rings. The van der Waals surface area contributed by atoms with Gasteiger partial charge in [0.05, 0.1) is 0 Å². The number of aryl methyl sites for hydroxylation is 1. The van der Waals surface area contributed by atoms with Crippen molar-refractivity contribution >= 4 is 18.3 Å². The minimum Gasteiger partial charge on any atom is -0.349 e. The summed E-state index contributed by atoms with van der Waals surface area (Å²) < 4.78 is 0. The lowest BCUT2D eigenvalue weighted by Gasteiger charge is -2.45. The highest BCUT2D eigenvalue weighted by molar-refractivity contribution is 5.94. The Balaban J connectivity index is 0.00000161. The smallest absolute Gasteiger partial charge is 0.251 e. The molecule has 3 nitrogen and oxygen atoms in total. The van der Waals surface area contributed by atoms with Crippen LogP contribution in [0.1, 0.15) is 48.0 Å². The second-order valence-corrected chi connectivity index (χ2v) is 6.55. The molecule has 2 atom stereocenters. The van der Waals surface area contributed by atoms with Gasteiger partial charge in [-0.25, -0.2) is 0 Å². The molecule has 21 heavy (non-hydrogen) atoms. The molecule has 3 N–H and O–H groups in total. The van der Waals surface area contributed by atoms with Crippen molar-refractivity contribution < 1.29 is 4.79 Å². The maximum absolute atomic E-state index is 12.4. The van der Waals surface area contributed by atoms with Crippen LogP contribution in [0.4, 0.5) is 0 Å². The molecule has 0 radical (unpaired) electrons. The van der Waals surface area contributed by atoms with E-state index in [-0.39, 0.29) is 18.3 Å². The van der Waals surface area contributed by atoms with Gasteiger partial charge >= 0.3 is 0 Å². The molecule has 1 aromatic carbocycles. The summed E-state index contributed by atoms with van der Waals surface area (Å²) in [6, 6.07) is 8.48. The molecule has 0 saturated heterocycles. The van der Waals surface area contributed by atoms with Crippen molar-refractivity contribution in [3.05, 3.63) is 35.4 Å². The summed E-state index contributed by atoms with van der Waals surface area (Å²) in [6.45, 7) is 2.02. The van der Waals surface area contributed by atoms with Crippen LogP contribution < -0.4 is 11.1 Å². The van der Waals surface area contributed by atoms with Crippen molar-refractivity contribution in [1.29, 1.82) is 0 Å². The molecule has 116 valence electrons. The molecule has 3 rings (SSSR count). The average molecular weight is 309 g/mol. The zero-order chi connectivity index (χ0) is 14.1. The van der Waals surface area contributed by atoms with Crippen LogP contribution in [0.5, 0.6) is 0 Å². The van der Waals surface area contributed by atoms with Gasteiger partial charge in [-0.05, 0) is 56.6 Å². The van der Waals surface area contributed by atoms with E-state index in [0.29, 0.717) is 23.9 Å². The van der Waals surface area contributed by atoms with Gasteiger partial charge in [0.25, 0.3) is 5.91 Å². The Morgan fingerprint density at radius 3 is 2.52 bits per heavy atom. The van der Waals surface area contributed by atoms with E-state index in [0.717, 1.165) is 24.0 Å². The number of amides is 1. The van der Waals surface area contributed by atoms with Crippen molar-refractivity contribution in [3.8, 4) is 0 Å².